The number of fused-ring (bicyclic) bond motifs is 2. The number of ether oxygens (including phenoxy) is 2. The van der Waals surface area contributed by atoms with E-state index in [0.29, 0.717) is 26.1 Å². The highest BCUT2D eigenvalue weighted by Gasteiger charge is 2.61. The van der Waals surface area contributed by atoms with Gasteiger partial charge in [-0.15, -0.1) is 0 Å². The van der Waals surface area contributed by atoms with Gasteiger partial charge in [-0.3, -0.25) is 19.4 Å². The minimum Gasteiger partial charge on any atom is -0.468 e. The fourth-order valence-electron chi connectivity index (χ4n) is 5.30. The van der Waals surface area contributed by atoms with Crippen molar-refractivity contribution in [1.29, 1.82) is 0 Å². The number of methoxy groups -OCH3 is 1. The Kier molecular flexibility index (Phi) is 5.80. The molecule has 0 N–H and O–H groups in total. The third kappa shape index (κ3) is 3.49. The number of hydrogen-bond acceptors (Lipinski definition) is 6. The van der Waals surface area contributed by atoms with Gasteiger partial charge in [-0.2, -0.15) is 0 Å². The average molecular weight is 386 g/mol. The number of carbonyl (C=O) groups excluding carboxylic acids is 2. The summed E-state index contributed by atoms with van der Waals surface area (Å²) in [5, 5.41) is 0. The maximum absolute atomic E-state index is 13.3. The number of Topliss-reactive ketones (excluding diaryl/α,β-unsaturated/α-hetero) is 1. The smallest absolute Gasteiger partial charge is 0.321 e. The fourth-order valence-corrected chi connectivity index (χ4v) is 5.30. The molecule has 3 saturated heterocycles. The molecule has 1 aromatic carbocycles. The molecule has 28 heavy (non-hydrogen) atoms. The number of carbonyl (C=O) groups is 2. The lowest BCUT2D eigenvalue weighted by atomic mass is 9.70. The number of esters is 1. The standard InChI is InChI=1S/C22H30N2O4/c1-27-21(26)22(9-10-23-11-13-28-14-12-23)19-8-7-18(15-20(22)25)24(19)16-17-5-3-2-4-6-17/h2-6,18-19H,7-16H2,1H3/t18-,19-,22-/m1/s1. The molecule has 0 amide bonds. The van der Waals surface area contributed by atoms with E-state index in [-0.39, 0.29) is 23.8 Å². The van der Waals surface area contributed by atoms with Crippen LogP contribution in [-0.2, 0) is 25.6 Å². The first-order valence-electron chi connectivity index (χ1n) is 10.4. The summed E-state index contributed by atoms with van der Waals surface area (Å²) in [6, 6.07) is 10.5. The Labute approximate surface area is 166 Å². The van der Waals surface area contributed by atoms with Gasteiger partial charge in [-0.25, -0.2) is 0 Å². The van der Waals surface area contributed by atoms with Gasteiger partial charge in [0.15, 0.2) is 5.78 Å². The lowest BCUT2D eigenvalue weighted by molar-refractivity contribution is -0.168. The summed E-state index contributed by atoms with van der Waals surface area (Å²) in [6.45, 7) is 4.64. The van der Waals surface area contributed by atoms with Gasteiger partial charge < -0.3 is 9.47 Å². The van der Waals surface area contributed by atoms with Crippen LogP contribution >= 0.6 is 0 Å². The van der Waals surface area contributed by atoms with E-state index < -0.39 is 5.41 Å². The van der Waals surface area contributed by atoms with Crippen molar-refractivity contribution in [3.63, 3.8) is 0 Å². The monoisotopic (exact) mass is 386 g/mol. The summed E-state index contributed by atoms with van der Waals surface area (Å²) in [6.07, 6.45) is 2.82. The van der Waals surface area contributed by atoms with Crippen LogP contribution in [0.25, 0.3) is 0 Å². The largest absolute Gasteiger partial charge is 0.468 e. The second-order valence-corrected chi connectivity index (χ2v) is 8.20. The van der Waals surface area contributed by atoms with Crippen molar-refractivity contribution >= 4 is 11.8 Å². The lowest BCUT2D eigenvalue weighted by Gasteiger charge is -2.46. The second kappa shape index (κ2) is 8.31. The van der Waals surface area contributed by atoms with E-state index in [1.54, 1.807) is 0 Å². The van der Waals surface area contributed by atoms with Crippen molar-refractivity contribution in [3.8, 4) is 0 Å². The quantitative estimate of drug-likeness (QED) is 0.550. The van der Waals surface area contributed by atoms with E-state index >= 15 is 0 Å². The van der Waals surface area contributed by atoms with E-state index in [9.17, 15) is 9.59 Å². The molecule has 0 saturated carbocycles. The van der Waals surface area contributed by atoms with Crippen LogP contribution in [0.15, 0.2) is 30.3 Å². The van der Waals surface area contributed by atoms with Crippen LogP contribution in [0.5, 0.6) is 0 Å². The first-order valence-corrected chi connectivity index (χ1v) is 10.4. The molecule has 0 radical (unpaired) electrons. The van der Waals surface area contributed by atoms with Crippen LogP contribution < -0.4 is 0 Å². The highest BCUT2D eigenvalue weighted by Crippen LogP contribution is 2.48. The SMILES string of the molecule is COC(=O)[C@@]1(CCN2CCOCC2)C(=O)C[C@H]2CC[C@H]1N2Cc1ccccc1. The van der Waals surface area contributed by atoms with Crippen molar-refractivity contribution < 1.29 is 19.1 Å². The Morgan fingerprint density at radius 1 is 1.21 bits per heavy atom. The van der Waals surface area contributed by atoms with E-state index in [4.69, 9.17) is 9.47 Å². The number of benzene rings is 1. The van der Waals surface area contributed by atoms with Crippen LogP contribution in [0.4, 0.5) is 0 Å². The van der Waals surface area contributed by atoms with Gasteiger partial charge in [-0.1, -0.05) is 30.3 Å². The first kappa shape index (κ1) is 19.6. The van der Waals surface area contributed by atoms with Gasteiger partial charge >= 0.3 is 5.97 Å². The third-order valence-corrected chi connectivity index (χ3v) is 6.81. The van der Waals surface area contributed by atoms with Gasteiger partial charge in [0, 0.05) is 38.1 Å². The molecular weight excluding hydrogens is 356 g/mol. The molecule has 3 heterocycles. The molecule has 1 aromatic rings. The highest BCUT2D eigenvalue weighted by molar-refractivity contribution is 6.05. The van der Waals surface area contributed by atoms with Gasteiger partial charge in [-0.05, 0) is 31.4 Å². The summed E-state index contributed by atoms with van der Waals surface area (Å²) < 4.78 is 10.7. The topological polar surface area (TPSA) is 59.1 Å². The maximum Gasteiger partial charge on any atom is 0.321 e. The third-order valence-electron chi connectivity index (χ3n) is 6.81. The average Bonchev–Trinajstić information content (AvgIpc) is 3.04. The number of piperidine rings is 1. The molecule has 0 spiro atoms. The van der Waals surface area contributed by atoms with E-state index in [1.165, 1.54) is 12.7 Å². The Morgan fingerprint density at radius 3 is 2.68 bits per heavy atom. The highest BCUT2D eigenvalue weighted by atomic mass is 16.5. The minimum absolute atomic E-state index is 0.0735. The molecule has 6 nitrogen and oxygen atoms in total. The molecule has 152 valence electrons. The number of nitrogens with zero attached hydrogens (tertiary/aromatic N) is 2. The van der Waals surface area contributed by atoms with Crippen LogP contribution in [0.1, 0.15) is 31.2 Å². The molecule has 4 rings (SSSR count). The molecular formula is C22H30N2O4. The summed E-state index contributed by atoms with van der Waals surface area (Å²) in [4.78, 5) is 31.0. The molecule has 3 atom stereocenters. The van der Waals surface area contributed by atoms with E-state index in [2.05, 4.69) is 21.9 Å². The van der Waals surface area contributed by atoms with Crippen LogP contribution in [0.3, 0.4) is 0 Å². The van der Waals surface area contributed by atoms with Crippen LogP contribution in [0.2, 0.25) is 0 Å². The zero-order valence-corrected chi connectivity index (χ0v) is 16.6. The van der Waals surface area contributed by atoms with Crippen LogP contribution in [0, 0.1) is 5.41 Å². The van der Waals surface area contributed by atoms with Crippen molar-refractivity contribution in [2.75, 3.05) is 40.0 Å². The molecule has 6 heteroatoms. The molecule has 3 aliphatic rings. The summed E-state index contributed by atoms with van der Waals surface area (Å²) in [7, 11) is 1.41. The van der Waals surface area contributed by atoms with Crippen molar-refractivity contribution in [2.24, 2.45) is 5.41 Å². The molecule has 2 bridgehead atoms. The van der Waals surface area contributed by atoms with Gasteiger partial charge in [0.05, 0.1) is 20.3 Å². The van der Waals surface area contributed by atoms with Crippen molar-refractivity contribution in [2.45, 2.75) is 44.3 Å². The Bertz CT molecular complexity index is 704. The fraction of sp³-hybridized carbons (Fsp3) is 0.636. The number of hydrogen-bond donors (Lipinski definition) is 0. The van der Waals surface area contributed by atoms with Gasteiger partial charge in [0.1, 0.15) is 5.41 Å². The van der Waals surface area contributed by atoms with E-state index in [1.807, 2.05) is 18.2 Å². The predicted octanol–water partition coefficient (Wildman–Crippen LogP) is 1.87. The number of morpholine rings is 1. The molecule has 3 fully saturated rings. The maximum atomic E-state index is 13.3. The Morgan fingerprint density at radius 2 is 1.96 bits per heavy atom. The number of rotatable bonds is 6. The normalized spacial score (nSPS) is 31.1. The predicted molar refractivity (Wildman–Crippen MR) is 105 cm³/mol. The van der Waals surface area contributed by atoms with Crippen molar-refractivity contribution in [3.05, 3.63) is 35.9 Å². The lowest BCUT2D eigenvalue weighted by Crippen LogP contribution is -2.61. The summed E-state index contributed by atoms with van der Waals surface area (Å²) >= 11 is 0. The Balaban J connectivity index is 1.59. The zero-order valence-electron chi connectivity index (χ0n) is 16.6. The molecule has 3 aliphatic heterocycles. The molecule has 0 unspecified atom stereocenters. The molecule has 0 aliphatic carbocycles. The Hall–Kier alpha value is -1.76. The van der Waals surface area contributed by atoms with Crippen molar-refractivity contribution in [1.82, 2.24) is 9.80 Å². The number of ketones is 1. The van der Waals surface area contributed by atoms with Crippen LogP contribution in [-0.4, -0.2) is 73.6 Å². The molecule has 0 aromatic heterocycles. The first-order chi connectivity index (χ1) is 13.6. The summed E-state index contributed by atoms with van der Waals surface area (Å²) in [5.74, 6) is -0.279. The van der Waals surface area contributed by atoms with Gasteiger partial charge in [0.2, 0.25) is 0 Å². The second-order valence-electron chi connectivity index (χ2n) is 8.20. The minimum atomic E-state index is -1.05. The van der Waals surface area contributed by atoms with E-state index in [0.717, 1.165) is 39.0 Å². The zero-order chi connectivity index (χ0) is 19.6. The summed E-state index contributed by atoms with van der Waals surface area (Å²) in [5.41, 5.74) is 0.176. The van der Waals surface area contributed by atoms with Gasteiger partial charge in [0.25, 0.3) is 0 Å².